The van der Waals surface area contributed by atoms with E-state index in [2.05, 4.69) is 15.6 Å². The van der Waals surface area contributed by atoms with Crippen molar-refractivity contribution in [2.75, 3.05) is 11.9 Å². The maximum absolute atomic E-state index is 11.8. The summed E-state index contributed by atoms with van der Waals surface area (Å²) < 4.78 is 0. The lowest BCUT2D eigenvalue weighted by atomic mass is 10.2. The average Bonchev–Trinajstić information content (AvgIpc) is 2.46. The summed E-state index contributed by atoms with van der Waals surface area (Å²) in [7, 11) is 0. The van der Waals surface area contributed by atoms with Gasteiger partial charge in [0.1, 0.15) is 0 Å². The Bertz CT molecular complexity index is 600. The normalized spacial score (nSPS) is 9.85. The van der Waals surface area contributed by atoms with Gasteiger partial charge in [0.25, 0.3) is 5.91 Å². The number of rotatable bonds is 4. The minimum atomic E-state index is -0.331. The van der Waals surface area contributed by atoms with Crippen molar-refractivity contribution in [1.29, 1.82) is 0 Å². The molecule has 0 fully saturated rings. The Kier molecular flexibility index (Phi) is 4.68. The molecule has 2 rings (SSSR count). The summed E-state index contributed by atoms with van der Waals surface area (Å²) in [6.07, 6.45) is 3.14. The largest absolute Gasteiger partial charge is 0.343 e. The smallest absolute Gasteiger partial charge is 0.251 e. The molecule has 0 aliphatic heterocycles. The highest BCUT2D eigenvalue weighted by Gasteiger charge is 2.08. The molecule has 0 atom stereocenters. The van der Waals surface area contributed by atoms with Crippen LogP contribution in [-0.2, 0) is 4.79 Å². The molecule has 5 nitrogen and oxygen atoms in total. The predicted molar refractivity (Wildman–Crippen MR) is 76.7 cm³/mol. The standard InChI is InChI=1S/C14H12ClN3O2/c15-11-5-3-10(4-6-11)14(20)17-9-13(19)18-12-2-1-7-16-8-12/h1-8H,9H2,(H,17,20)(H,18,19). The first-order valence-corrected chi connectivity index (χ1v) is 6.26. The van der Waals surface area contributed by atoms with Crippen LogP contribution in [0.15, 0.2) is 48.8 Å². The number of carbonyl (C=O) groups excluding carboxylic acids is 2. The Hall–Kier alpha value is -2.40. The molecule has 2 aromatic rings. The van der Waals surface area contributed by atoms with E-state index in [1.165, 1.54) is 6.20 Å². The number of hydrogen-bond donors (Lipinski definition) is 2. The number of aromatic nitrogens is 1. The van der Waals surface area contributed by atoms with Crippen molar-refractivity contribution in [3.05, 3.63) is 59.4 Å². The number of nitrogens with one attached hydrogen (secondary N) is 2. The zero-order valence-electron chi connectivity index (χ0n) is 10.5. The first kappa shape index (κ1) is 14.0. The van der Waals surface area contributed by atoms with Crippen molar-refractivity contribution in [3.63, 3.8) is 0 Å². The van der Waals surface area contributed by atoms with Gasteiger partial charge in [-0.2, -0.15) is 0 Å². The molecule has 0 bridgehead atoms. The quantitative estimate of drug-likeness (QED) is 0.905. The maximum Gasteiger partial charge on any atom is 0.251 e. The molecule has 2 N–H and O–H groups in total. The minimum absolute atomic E-state index is 0.115. The van der Waals surface area contributed by atoms with Crippen LogP contribution in [0.25, 0.3) is 0 Å². The first-order chi connectivity index (χ1) is 9.65. The lowest BCUT2D eigenvalue weighted by molar-refractivity contribution is -0.115. The number of pyridine rings is 1. The molecule has 102 valence electrons. The fourth-order valence-corrected chi connectivity index (χ4v) is 1.63. The molecule has 0 aliphatic carbocycles. The van der Waals surface area contributed by atoms with Crippen LogP contribution in [0, 0.1) is 0 Å². The van der Waals surface area contributed by atoms with Crippen LogP contribution in [0.4, 0.5) is 5.69 Å². The molecule has 0 radical (unpaired) electrons. The Balaban J connectivity index is 1.84. The number of hydrogen-bond acceptors (Lipinski definition) is 3. The van der Waals surface area contributed by atoms with Crippen molar-refractivity contribution < 1.29 is 9.59 Å². The van der Waals surface area contributed by atoms with Gasteiger partial charge in [-0.25, -0.2) is 0 Å². The first-order valence-electron chi connectivity index (χ1n) is 5.89. The van der Waals surface area contributed by atoms with Gasteiger partial charge in [0.05, 0.1) is 18.4 Å². The maximum atomic E-state index is 11.8. The van der Waals surface area contributed by atoms with Crippen molar-refractivity contribution in [3.8, 4) is 0 Å². The van der Waals surface area contributed by atoms with Gasteiger partial charge in [-0.1, -0.05) is 11.6 Å². The summed E-state index contributed by atoms with van der Waals surface area (Å²) in [5.41, 5.74) is 1.03. The van der Waals surface area contributed by atoms with E-state index in [1.807, 2.05) is 0 Å². The van der Waals surface area contributed by atoms with Crippen LogP contribution in [0.5, 0.6) is 0 Å². The van der Waals surface area contributed by atoms with Gasteiger partial charge in [-0.15, -0.1) is 0 Å². The van der Waals surface area contributed by atoms with Gasteiger partial charge in [-0.05, 0) is 36.4 Å². The van der Waals surface area contributed by atoms with Crippen LogP contribution < -0.4 is 10.6 Å². The monoisotopic (exact) mass is 289 g/mol. The van der Waals surface area contributed by atoms with E-state index in [-0.39, 0.29) is 18.4 Å². The Morgan fingerprint density at radius 1 is 1.15 bits per heavy atom. The van der Waals surface area contributed by atoms with Gasteiger partial charge >= 0.3 is 0 Å². The second-order valence-corrected chi connectivity index (χ2v) is 4.42. The fraction of sp³-hybridized carbons (Fsp3) is 0.0714. The minimum Gasteiger partial charge on any atom is -0.343 e. The second-order valence-electron chi connectivity index (χ2n) is 3.98. The lowest BCUT2D eigenvalue weighted by Gasteiger charge is -2.06. The summed E-state index contributed by atoms with van der Waals surface area (Å²) in [5, 5.41) is 5.70. The van der Waals surface area contributed by atoms with Crippen molar-refractivity contribution in [2.45, 2.75) is 0 Å². The number of benzene rings is 1. The molecule has 20 heavy (non-hydrogen) atoms. The highest BCUT2D eigenvalue weighted by molar-refractivity contribution is 6.30. The molecule has 0 saturated carbocycles. The third-order valence-electron chi connectivity index (χ3n) is 2.46. The van der Waals surface area contributed by atoms with Crippen molar-refractivity contribution in [2.24, 2.45) is 0 Å². The Morgan fingerprint density at radius 3 is 2.55 bits per heavy atom. The number of carbonyl (C=O) groups is 2. The van der Waals surface area contributed by atoms with Crippen LogP contribution in [0.2, 0.25) is 5.02 Å². The highest BCUT2D eigenvalue weighted by atomic mass is 35.5. The van der Waals surface area contributed by atoms with Crippen LogP contribution in [0.3, 0.4) is 0 Å². The van der Waals surface area contributed by atoms with E-state index in [0.29, 0.717) is 16.3 Å². The van der Waals surface area contributed by atoms with Gasteiger partial charge in [0.2, 0.25) is 5.91 Å². The van der Waals surface area contributed by atoms with Crippen molar-refractivity contribution in [1.82, 2.24) is 10.3 Å². The zero-order chi connectivity index (χ0) is 14.4. The van der Waals surface area contributed by atoms with E-state index < -0.39 is 0 Å². The number of halogens is 1. The summed E-state index contributed by atoms with van der Waals surface area (Å²) >= 11 is 5.73. The molecular formula is C14H12ClN3O2. The molecule has 1 heterocycles. The van der Waals surface area contributed by atoms with Gasteiger partial charge in [0, 0.05) is 16.8 Å². The third-order valence-corrected chi connectivity index (χ3v) is 2.71. The zero-order valence-corrected chi connectivity index (χ0v) is 11.2. The molecule has 0 unspecified atom stereocenters. The summed E-state index contributed by atoms with van der Waals surface area (Å²) in [5.74, 6) is -0.650. The topological polar surface area (TPSA) is 71.1 Å². The van der Waals surface area contributed by atoms with Crippen LogP contribution >= 0.6 is 11.6 Å². The molecular weight excluding hydrogens is 278 g/mol. The molecule has 6 heteroatoms. The highest BCUT2D eigenvalue weighted by Crippen LogP contribution is 2.09. The number of nitrogens with zero attached hydrogens (tertiary/aromatic N) is 1. The molecule has 0 aliphatic rings. The summed E-state index contributed by atoms with van der Waals surface area (Å²) in [4.78, 5) is 27.3. The third kappa shape index (κ3) is 4.07. The SMILES string of the molecule is O=C(CNC(=O)c1ccc(Cl)cc1)Nc1cccnc1. The van der Waals surface area contributed by atoms with E-state index in [0.717, 1.165) is 0 Å². The molecule has 2 amide bonds. The molecule has 0 spiro atoms. The van der Waals surface area contributed by atoms with Gasteiger partial charge in [0.15, 0.2) is 0 Å². The Labute approximate surface area is 121 Å². The van der Waals surface area contributed by atoms with E-state index in [9.17, 15) is 9.59 Å². The lowest BCUT2D eigenvalue weighted by Crippen LogP contribution is -2.32. The predicted octanol–water partition coefficient (Wildman–Crippen LogP) is 2.10. The summed E-state index contributed by atoms with van der Waals surface area (Å²) in [6, 6.07) is 9.85. The van der Waals surface area contributed by atoms with Crippen LogP contribution in [0.1, 0.15) is 10.4 Å². The molecule has 1 aromatic heterocycles. The molecule has 0 saturated heterocycles. The Morgan fingerprint density at radius 2 is 1.90 bits per heavy atom. The fourth-order valence-electron chi connectivity index (χ4n) is 1.51. The van der Waals surface area contributed by atoms with Gasteiger partial charge < -0.3 is 10.6 Å². The van der Waals surface area contributed by atoms with Gasteiger partial charge in [-0.3, -0.25) is 14.6 Å². The number of amides is 2. The van der Waals surface area contributed by atoms with E-state index in [1.54, 1.807) is 42.6 Å². The summed E-state index contributed by atoms with van der Waals surface area (Å²) in [6.45, 7) is -0.115. The number of anilines is 1. The average molecular weight is 290 g/mol. The second kappa shape index (κ2) is 6.68. The van der Waals surface area contributed by atoms with E-state index >= 15 is 0 Å². The van der Waals surface area contributed by atoms with Crippen LogP contribution in [-0.4, -0.2) is 23.3 Å². The van der Waals surface area contributed by atoms with E-state index in [4.69, 9.17) is 11.6 Å². The molecule has 1 aromatic carbocycles. The van der Waals surface area contributed by atoms with Crippen molar-refractivity contribution >= 4 is 29.1 Å².